The van der Waals surface area contributed by atoms with Gasteiger partial charge in [-0.05, 0) is 5.56 Å². The van der Waals surface area contributed by atoms with Gasteiger partial charge in [-0.15, -0.1) is 11.6 Å². The molecule has 1 aromatic rings. The third-order valence-corrected chi connectivity index (χ3v) is 4.50. The lowest BCUT2D eigenvalue weighted by Gasteiger charge is -2.28. The average molecular weight is 199 g/mol. The Kier molecular flexibility index (Phi) is 2.97. The molecule has 0 amide bonds. The lowest BCUT2D eigenvalue weighted by atomic mass is 9.86. The third kappa shape index (κ3) is 1.90. The van der Waals surface area contributed by atoms with Gasteiger partial charge in [-0.1, -0.05) is 44.2 Å². The van der Waals surface area contributed by atoms with E-state index < -0.39 is 0 Å². The maximum Gasteiger partial charge on any atom is 0.0265 e. The molecule has 12 heavy (non-hydrogen) atoms. The number of hydrogen-bond acceptors (Lipinski definition) is 0. The maximum atomic E-state index is 6.17. The first-order valence-electron chi connectivity index (χ1n) is 4.24. The van der Waals surface area contributed by atoms with Crippen LogP contribution in [0.2, 0.25) is 0 Å². The van der Waals surface area contributed by atoms with Gasteiger partial charge in [0.15, 0.2) is 0 Å². The number of benzene rings is 1. The third-order valence-electron chi connectivity index (χ3n) is 2.51. The predicted molar refractivity (Wildman–Crippen MR) is 59.0 cm³/mol. The van der Waals surface area contributed by atoms with Gasteiger partial charge in [0.1, 0.15) is 0 Å². The van der Waals surface area contributed by atoms with E-state index >= 15 is 0 Å². The van der Waals surface area contributed by atoms with Gasteiger partial charge in [0.05, 0.1) is 0 Å². The van der Waals surface area contributed by atoms with Crippen LogP contribution in [-0.2, 0) is 5.41 Å². The second-order valence-electron chi connectivity index (χ2n) is 3.70. The molecule has 0 nitrogen and oxygen atoms in total. The average Bonchev–Trinajstić information content (AvgIpc) is 2.06. The minimum absolute atomic E-state index is 0.120. The van der Waals surface area contributed by atoms with Gasteiger partial charge in [0.2, 0.25) is 0 Å². The van der Waals surface area contributed by atoms with Crippen molar-refractivity contribution in [3.63, 3.8) is 0 Å². The van der Waals surface area contributed by atoms with Crippen LogP contribution < -0.4 is 0 Å². The predicted octanol–water partition coefficient (Wildman–Crippen LogP) is 1.89. The Balaban J connectivity index is 2.98. The lowest BCUT2D eigenvalue weighted by Crippen LogP contribution is -2.29. The molecule has 0 saturated carbocycles. The molecule has 0 aliphatic heterocycles. The highest BCUT2D eigenvalue weighted by Gasteiger charge is 2.25. The van der Waals surface area contributed by atoms with Gasteiger partial charge in [0, 0.05) is 20.7 Å². The first kappa shape index (κ1) is 9.81. The van der Waals surface area contributed by atoms with Crippen LogP contribution in [0.4, 0.5) is 0 Å². The summed E-state index contributed by atoms with van der Waals surface area (Å²) in [5, 5.41) is 0.292. The molecule has 1 aromatic carbocycles. The van der Waals surface area contributed by atoms with Crippen LogP contribution in [-0.4, -0.2) is 15.2 Å². The molecule has 0 radical (unpaired) electrons. The lowest BCUT2D eigenvalue weighted by molar-refractivity contribution is 0.568. The Labute approximate surface area is 82.4 Å². The van der Waals surface area contributed by atoms with Crippen molar-refractivity contribution in [3.05, 3.63) is 35.9 Å². The zero-order valence-corrected chi connectivity index (χ0v) is 10.6. The summed E-state index contributed by atoms with van der Waals surface area (Å²) in [5.74, 6) is 0. The van der Waals surface area contributed by atoms with Crippen molar-refractivity contribution in [2.24, 2.45) is 0 Å². The summed E-state index contributed by atoms with van der Waals surface area (Å²) in [4.78, 5) is 0. The van der Waals surface area contributed by atoms with Gasteiger partial charge < -0.3 is 0 Å². The highest BCUT2D eigenvalue weighted by Crippen LogP contribution is 2.28. The van der Waals surface area contributed by atoms with Crippen LogP contribution in [0.3, 0.4) is 0 Å². The largest absolute Gasteiger partial charge is 0.127 e. The summed E-state index contributed by atoms with van der Waals surface area (Å²) >= 11 is 6.17. The number of halogens is 1. The molecule has 1 atom stereocenters. The minimum Gasteiger partial charge on any atom is -0.127 e. The van der Waals surface area contributed by atoms with Gasteiger partial charge in [-0.25, -0.2) is 0 Å². The summed E-state index contributed by atoms with van der Waals surface area (Å²) in [6, 6.07) is 10.5. The molecule has 0 heterocycles. The number of alkyl halides is 1. The molecule has 0 fully saturated rings. The zero-order valence-electron chi connectivity index (χ0n) is 7.84. The summed E-state index contributed by atoms with van der Waals surface area (Å²) < 4.78 is 0. The highest BCUT2D eigenvalue weighted by molar-refractivity contribution is 6.41. The van der Waals surface area contributed by atoms with Gasteiger partial charge in [-0.2, -0.15) is 0 Å². The van der Waals surface area contributed by atoms with Crippen molar-refractivity contribution in [1.82, 2.24) is 0 Å². The molecule has 0 N–H and O–H groups in total. The topological polar surface area (TPSA) is 0 Å². The van der Waals surface area contributed by atoms with Crippen molar-refractivity contribution < 1.29 is 0 Å². The molecule has 0 saturated heterocycles. The van der Waals surface area contributed by atoms with E-state index in [1.165, 1.54) is 5.56 Å². The first-order chi connectivity index (χ1) is 5.55. The second kappa shape index (κ2) is 3.63. The SMILES string of the molecule is CC(C)(c1ccccc1)C([SiH3])Cl. The quantitative estimate of drug-likeness (QED) is 0.503. The van der Waals surface area contributed by atoms with Crippen molar-refractivity contribution in [3.8, 4) is 0 Å². The molecule has 0 aliphatic rings. The van der Waals surface area contributed by atoms with Crippen molar-refractivity contribution in [2.45, 2.75) is 24.3 Å². The van der Waals surface area contributed by atoms with Crippen molar-refractivity contribution in [2.75, 3.05) is 0 Å². The van der Waals surface area contributed by atoms with Crippen LogP contribution in [0.25, 0.3) is 0 Å². The van der Waals surface area contributed by atoms with E-state index in [4.69, 9.17) is 11.6 Å². The number of rotatable bonds is 2. The molecule has 1 rings (SSSR count). The molecule has 1 unspecified atom stereocenters. The van der Waals surface area contributed by atoms with Gasteiger partial charge in [-0.3, -0.25) is 0 Å². The normalized spacial score (nSPS) is 14.6. The fraction of sp³-hybridized carbons (Fsp3) is 0.400. The molecule has 66 valence electrons. The van der Waals surface area contributed by atoms with E-state index in [9.17, 15) is 0 Å². The van der Waals surface area contributed by atoms with Crippen molar-refractivity contribution >= 4 is 21.8 Å². The molecular weight excluding hydrogens is 184 g/mol. The summed E-state index contributed by atoms with van der Waals surface area (Å²) in [6.45, 7) is 4.40. The van der Waals surface area contributed by atoms with Crippen LogP contribution in [0.15, 0.2) is 30.3 Å². The van der Waals surface area contributed by atoms with E-state index in [1.807, 2.05) is 6.07 Å². The van der Waals surface area contributed by atoms with Gasteiger partial charge in [0.25, 0.3) is 0 Å². The minimum atomic E-state index is 0.120. The van der Waals surface area contributed by atoms with Gasteiger partial charge >= 0.3 is 0 Å². The van der Waals surface area contributed by atoms with E-state index in [1.54, 1.807) is 0 Å². The Bertz CT molecular complexity index is 241. The molecule has 2 heteroatoms. The van der Waals surface area contributed by atoms with E-state index in [0.29, 0.717) is 5.00 Å². The molecule has 0 bridgehead atoms. The molecule has 0 spiro atoms. The first-order valence-corrected chi connectivity index (χ1v) is 5.84. The Morgan fingerprint density at radius 3 is 2.17 bits per heavy atom. The fourth-order valence-corrected chi connectivity index (χ4v) is 1.56. The van der Waals surface area contributed by atoms with Crippen molar-refractivity contribution in [1.29, 1.82) is 0 Å². The smallest absolute Gasteiger partial charge is 0.0265 e. The standard InChI is InChI=1S/C10H15ClSi/c1-10(2,9(11)12)8-6-4-3-5-7-8/h3-7,9H,1-2,12H3. The van der Waals surface area contributed by atoms with Crippen LogP contribution in [0.1, 0.15) is 19.4 Å². The van der Waals surface area contributed by atoms with E-state index in [0.717, 1.165) is 10.2 Å². The zero-order chi connectivity index (χ0) is 9.19. The molecule has 0 aromatic heterocycles. The summed E-state index contributed by atoms with van der Waals surface area (Å²) in [6.07, 6.45) is 0. The van der Waals surface area contributed by atoms with Crippen LogP contribution >= 0.6 is 11.6 Å². The Morgan fingerprint density at radius 2 is 1.75 bits per heavy atom. The monoisotopic (exact) mass is 198 g/mol. The number of hydrogen-bond donors (Lipinski definition) is 0. The Morgan fingerprint density at radius 1 is 1.25 bits per heavy atom. The fourth-order valence-electron chi connectivity index (χ4n) is 1.10. The van der Waals surface area contributed by atoms with E-state index in [2.05, 4.69) is 38.1 Å². The molecular formula is C10H15ClSi. The molecule has 0 aliphatic carbocycles. The Hall–Kier alpha value is -0.273. The summed E-state index contributed by atoms with van der Waals surface area (Å²) in [7, 11) is 1.03. The van der Waals surface area contributed by atoms with E-state index in [-0.39, 0.29) is 5.41 Å². The van der Waals surface area contributed by atoms with Crippen LogP contribution in [0.5, 0.6) is 0 Å². The summed E-state index contributed by atoms with van der Waals surface area (Å²) in [5.41, 5.74) is 1.45. The highest BCUT2D eigenvalue weighted by atomic mass is 35.5. The maximum absolute atomic E-state index is 6.17. The van der Waals surface area contributed by atoms with Crippen LogP contribution in [0, 0.1) is 0 Å². The second-order valence-corrected chi connectivity index (χ2v) is 6.25.